The van der Waals surface area contributed by atoms with E-state index in [1.807, 2.05) is 0 Å². The molecule has 0 unspecified atom stereocenters. The van der Waals surface area contributed by atoms with E-state index in [0.717, 1.165) is 12.1 Å². The second kappa shape index (κ2) is 5.97. The number of alkyl halides is 3. The molecular weight excluding hydrogens is 367 g/mol. The Morgan fingerprint density at radius 2 is 1.61 bits per heavy atom. The molecular formula is C13H6ClF5O3S. The number of hydrogen-bond donors (Lipinski definition) is 0. The average Bonchev–Trinajstić information content (AvgIpc) is 2.41. The van der Waals surface area contributed by atoms with Crippen molar-refractivity contribution in [3.63, 3.8) is 0 Å². The minimum atomic E-state index is -5.01. The maximum absolute atomic E-state index is 13.0. The summed E-state index contributed by atoms with van der Waals surface area (Å²) < 4.78 is 93.0. The summed E-state index contributed by atoms with van der Waals surface area (Å²) in [6.45, 7) is 0. The highest BCUT2D eigenvalue weighted by Gasteiger charge is 2.38. The van der Waals surface area contributed by atoms with Gasteiger partial charge in [-0.1, -0.05) is 11.6 Å². The molecule has 2 aromatic carbocycles. The van der Waals surface area contributed by atoms with Gasteiger partial charge in [0.25, 0.3) is 0 Å². The van der Waals surface area contributed by atoms with Gasteiger partial charge in [-0.2, -0.15) is 21.6 Å². The third kappa shape index (κ3) is 3.91. The van der Waals surface area contributed by atoms with Crippen molar-refractivity contribution in [2.45, 2.75) is 11.1 Å². The molecule has 0 N–H and O–H groups in total. The standard InChI is InChI=1S/C13H6ClF5O3S/c14-7-1-4-12(9(5-7)13(17,18)19)23(20,21)22-8-2-3-10(15)11(16)6-8/h1-6H. The first-order valence-corrected chi connectivity index (χ1v) is 7.55. The zero-order valence-corrected chi connectivity index (χ0v) is 12.4. The molecule has 2 aromatic rings. The largest absolute Gasteiger partial charge is 0.417 e. The molecule has 0 fully saturated rings. The van der Waals surface area contributed by atoms with Crippen molar-refractivity contribution in [2.24, 2.45) is 0 Å². The summed E-state index contributed by atoms with van der Waals surface area (Å²) >= 11 is 5.44. The molecule has 0 aliphatic heterocycles. The fraction of sp³-hybridized carbons (Fsp3) is 0.0769. The Kier molecular flexibility index (Phi) is 4.54. The summed E-state index contributed by atoms with van der Waals surface area (Å²) in [5, 5.41) is -0.330. The van der Waals surface area contributed by atoms with Crippen molar-refractivity contribution in [2.75, 3.05) is 0 Å². The van der Waals surface area contributed by atoms with E-state index < -0.39 is 44.1 Å². The predicted molar refractivity (Wildman–Crippen MR) is 70.6 cm³/mol. The maximum atomic E-state index is 13.0. The van der Waals surface area contributed by atoms with Gasteiger partial charge in [0, 0.05) is 11.1 Å². The third-order valence-electron chi connectivity index (χ3n) is 2.61. The van der Waals surface area contributed by atoms with E-state index >= 15 is 0 Å². The minimum absolute atomic E-state index is 0.330. The van der Waals surface area contributed by atoms with Gasteiger partial charge < -0.3 is 4.18 Å². The summed E-state index contributed by atoms with van der Waals surface area (Å²) in [6, 6.07) is 3.70. The van der Waals surface area contributed by atoms with Crippen LogP contribution in [-0.4, -0.2) is 8.42 Å². The summed E-state index contributed by atoms with van der Waals surface area (Å²) in [7, 11) is -4.94. The Bertz CT molecular complexity index is 849. The number of rotatable bonds is 3. The van der Waals surface area contributed by atoms with Crippen LogP contribution in [0, 0.1) is 11.6 Å². The lowest BCUT2D eigenvalue weighted by molar-refractivity contribution is -0.139. The fourth-order valence-corrected chi connectivity index (χ4v) is 2.94. The van der Waals surface area contributed by atoms with E-state index in [9.17, 15) is 30.4 Å². The molecule has 124 valence electrons. The van der Waals surface area contributed by atoms with Gasteiger partial charge in [-0.15, -0.1) is 0 Å². The molecule has 0 heterocycles. The zero-order valence-electron chi connectivity index (χ0n) is 10.9. The molecule has 0 saturated heterocycles. The summed E-state index contributed by atoms with van der Waals surface area (Å²) in [6.07, 6.45) is -5.01. The number of hydrogen-bond acceptors (Lipinski definition) is 3. The molecule has 0 aliphatic rings. The van der Waals surface area contributed by atoms with Crippen molar-refractivity contribution in [1.29, 1.82) is 0 Å². The van der Waals surface area contributed by atoms with Crippen molar-refractivity contribution < 1.29 is 34.6 Å². The maximum Gasteiger partial charge on any atom is 0.417 e. The number of benzene rings is 2. The van der Waals surface area contributed by atoms with E-state index in [1.165, 1.54) is 0 Å². The molecule has 0 aliphatic carbocycles. The Labute approximate surface area is 132 Å². The van der Waals surface area contributed by atoms with E-state index in [2.05, 4.69) is 4.18 Å². The molecule has 23 heavy (non-hydrogen) atoms. The molecule has 0 aromatic heterocycles. The van der Waals surface area contributed by atoms with Crippen LogP contribution in [0.25, 0.3) is 0 Å². The topological polar surface area (TPSA) is 43.4 Å². The normalized spacial score (nSPS) is 12.3. The van der Waals surface area contributed by atoms with Gasteiger partial charge in [0.2, 0.25) is 0 Å². The Balaban J connectivity index is 2.50. The molecule has 10 heteroatoms. The van der Waals surface area contributed by atoms with Crippen molar-refractivity contribution in [3.05, 3.63) is 58.6 Å². The molecule has 0 atom stereocenters. The Morgan fingerprint density at radius 3 is 2.17 bits per heavy atom. The zero-order chi connectivity index (χ0) is 17.4. The third-order valence-corrected chi connectivity index (χ3v) is 4.15. The summed E-state index contributed by atoms with van der Waals surface area (Å²) in [5.74, 6) is -3.35. The van der Waals surface area contributed by atoms with Gasteiger partial charge in [-0.25, -0.2) is 8.78 Å². The highest BCUT2D eigenvalue weighted by atomic mass is 35.5. The lowest BCUT2D eigenvalue weighted by Crippen LogP contribution is -2.17. The van der Waals surface area contributed by atoms with E-state index in [4.69, 9.17) is 11.6 Å². The summed E-state index contributed by atoms with van der Waals surface area (Å²) in [4.78, 5) is -1.20. The quantitative estimate of drug-likeness (QED) is 0.592. The van der Waals surface area contributed by atoms with Gasteiger partial charge in [-0.3, -0.25) is 0 Å². The second-order valence-electron chi connectivity index (χ2n) is 4.25. The second-order valence-corrected chi connectivity index (χ2v) is 6.20. The SMILES string of the molecule is O=S(=O)(Oc1ccc(F)c(F)c1)c1ccc(Cl)cc1C(F)(F)F. The minimum Gasteiger partial charge on any atom is -0.379 e. The lowest BCUT2D eigenvalue weighted by atomic mass is 10.2. The van der Waals surface area contributed by atoms with Crippen LogP contribution in [0.5, 0.6) is 5.75 Å². The van der Waals surface area contributed by atoms with E-state index in [1.54, 1.807) is 0 Å². The van der Waals surface area contributed by atoms with Gasteiger partial charge >= 0.3 is 16.3 Å². The first-order valence-electron chi connectivity index (χ1n) is 5.77. The van der Waals surface area contributed by atoms with Crippen LogP contribution >= 0.6 is 11.6 Å². The molecule has 0 radical (unpaired) electrons. The highest BCUT2D eigenvalue weighted by Crippen LogP contribution is 2.36. The fourth-order valence-electron chi connectivity index (χ4n) is 1.64. The van der Waals surface area contributed by atoms with Crippen molar-refractivity contribution >= 4 is 21.7 Å². The predicted octanol–water partition coefficient (Wildman–Crippen LogP) is 4.40. The molecule has 0 spiro atoms. The van der Waals surface area contributed by atoms with Gasteiger partial charge in [0.05, 0.1) is 5.56 Å². The van der Waals surface area contributed by atoms with Gasteiger partial charge in [0.15, 0.2) is 11.6 Å². The van der Waals surface area contributed by atoms with Gasteiger partial charge in [-0.05, 0) is 30.3 Å². The molecule has 2 rings (SSSR count). The Hall–Kier alpha value is -1.87. The summed E-state index contributed by atoms with van der Waals surface area (Å²) in [5.41, 5.74) is -1.53. The van der Waals surface area contributed by atoms with Crippen LogP contribution in [0.15, 0.2) is 41.3 Å². The van der Waals surface area contributed by atoms with Crippen LogP contribution in [0.2, 0.25) is 5.02 Å². The van der Waals surface area contributed by atoms with Crippen LogP contribution in [0.1, 0.15) is 5.56 Å². The lowest BCUT2D eigenvalue weighted by Gasteiger charge is -2.14. The van der Waals surface area contributed by atoms with E-state index in [0.29, 0.717) is 24.3 Å². The first-order chi connectivity index (χ1) is 10.5. The number of halogens is 6. The average molecular weight is 373 g/mol. The monoisotopic (exact) mass is 372 g/mol. The molecule has 0 amide bonds. The Morgan fingerprint density at radius 1 is 0.957 bits per heavy atom. The van der Waals surface area contributed by atoms with E-state index in [-0.39, 0.29) is 5.02 Å². The van der Waals surface area contributed by atoms with Crippen LogP contribution in [-0.2, 0) is 16.3 Å². The van der Waals surface area contributed by atoms with Gasteiger partial charge in [0.1, 0.15) is 10.6 Å². The molecule has 0 bridgehead atoms. The molecule has 0 saturated carbocycles. The van der Waals surface area contributed by atoms with Crippen molar-refractivity contribution in [3.8, 4) is 5.75 Å². The first kappa shape index (κ1) is 17.5. The van der Waals surface area contributed by atoms with Crippen LogP contribution in [0.4, 0.5) is 22.0 Å². The van der Waals surface area contributed by atoms with Crippen molar-refractivity contribution in [1.82, 2.24) is 0 Å². The smallest absolute Gasteiger partial charge is 0.379 e. The van der Waals surface area contributed by atoms with Crippen LogP contribution < -0.4 is 4.18 Å². The molecule has 3 nitrogen and oxygen atoms in total. The highest BCUT2D eigenvalue weighted by molar-refractivity contribution is 7.87. The van der Waals surface area contributed by atoms with Crippen LogP contribution in [0.3, 0.4) is 0 Å².